The van der Waals surface area contributed by atoms with Crippen LogP contribution in [0.15, 0.2) is 28.7 Å². The number of benzene rings is 1. The lowest BCUT2D eigenvalue weighted by molar-refractivity contribution is 0.530. The van der Waals surface area contributed by atoms with Gasteiger partial charge in [-0.3, -0.25) is 0 Å². The Balaban J connectivity index is 2.25. The molecule has 0 unspecified atom stereocenters. The van der Waals surface area contributed by atoms with E-state index in [4.69, 9.17) is 9.68 Å². The average Bonchev–Trinajstić information content (AvgIpc) is 2.77. The first-order valence-corrected chi connectivity index (χ1v) is 6.18. The first-order chi connectivity index (χ1) is 8.70. The summed E-state index contributed by atoms with van der Waals surface area (Å²) in [4.78, 5) is 6.50. The highest BCUT2D eigenvalue weighted by Crippen LogP contribution is 2.22. The molecule has 2 rings (SSSR count). The van der Waals surface area contributed by atoms with Crippen molar-refractivity contribution in [1.82, 2.24) is 4.98 Å². The average molecular weight is 243 g/mol. The van der Waals surface area contributed by atoms with E-state index in [-0.39, 0.29) is 0 Å². The minimum absolute atomic E-state index is 0.478. The molecule has 0 bridgehead atoms. The van der Waals surface area contributed by atoms with Crippen LogP contribution in [0.4, 0.5) is 6.01 Å². The van der Waals surface area contributed by atoms with Crippen LogP contribution in [0.3, 0.4) is 0 Å². The van der Waals surface area contributed by atoms with E-state index in [0.29, 0.717) is 24.9 Å². The van der Waals surface area contributed by atoms with Gasteiger partial charge in [0, 0.05) is 13.1 Å². The predicted molar refractivity (Wildman–Crippen MR) is 71.3 cm³/mol. The molecule has 1 aromatic heterocycles. The van der Waals surface area contributed by atoms with Gasteiger partial charge in [-0.25, -0.2) is 0 Å². The van der Waals surface area contributed by atoms with Gasteiger partial charge in [-0.15, -0.1) is 0 Å². The Kier molecular flexibility index (Phi) is 3.83. The minimum atomic E-state index is 0.478. The molecule has 0 fully saturated rings. The summed E-state index contributed by atoms with van der Waals surface area (Å²) in [5.41, 5.74) is 1.65. The zero-order valence-electron chi connectivity index (χ0n) is 10.8. The van der Waals surface area contributed by atoms with Gasteiger partial charge in [-0.2, -0.15) is 10.2 Å². The van der Waals surface area contributed by atoms with Crippen LogP contribution in [-0.4, -0.2) is 18.1 Å². The van der Waals surface area contributed by atoms with Gasteiger partial charge < -0.3 is 9.32 Å². The van der Waals surface area contributed by atoms with E-state index in [2.05, 4.69) is 24.9 Å². The second-order valence-corrected chi connectivity index (χ2v) is 4.71. The summed E-state index contributed by atoms with van der Waals surface area (Å²) in [5.74, 6) is 0.499. The Hall–Kier alpha value is -2.02. The lowest BCUT2D eigenvalue weighted by Crippen LogP contribution is -2.28. The summed E-state index contributed by atoms with van der Waals surface area (Å²) in [7, 11) is 0. The van der Waals surface area contributed by atoms with Gasteiger partial charge in [0.25, 0.3) is 6.01 Å². The number of para-hydroxylation sites is 2. The monoisotopic (exact) mass is 243 g/mol. The number of hydrogen-bond donors (Lipinski definition) is 0. The SMILES string of the molecule is CC(C)CN(CCC#N)c1nc2ccccc2o1. The van der Waals surface area contributed by atoms with Crippen LogP contribution in [0, 0.1) is 17.2 Å². The molecule has 0 amide bonds. The molecule has 0 N–H and O–H groups in total. The van der Waals surface area contributed by atoms with Gasteiger partial charge in [0.05, 0.1) is 12.5 Å². The Labute approximate surface area is 107 Å². The summed E-state index contributed by atoms with van der Waals surface area (Å²) in [6, 6.07) is 10.5. The fraction of sp³-hybridized carbons (Fsp3) is 0.429. The van der Waals surface area contributed by atoms with Gasteiger partial charge in [0.2, 0.25) is 0 Å². The zero-order valence-corrected chi connectivity index (χ0v) is 10.8. The number of rotatable bonds is 5. The smallest absolute Gasteiger partial charge is 0.298 e. The second-order valence-electron chi connectivity index (χ2n) is 4.71. The van der Waals surface area contributed by atoms with Crippen molar-refractivity contribution in [3.63, 3.8) is 0 Å². The molecule has 4 nitrogen and oxygen atoms in total. The van der Waals surface area contributed by atoms with Crippen LogP contribution in [0.2, 0.25) is 0 Å². The van der Waals surface area contributed by atoms with E-state index < -0.39 is 0 Å². The number of nitriles is 1. The van der Waals surface area contributed by atoms with E-state index in [0.717, 1.165) is 17.6 Å². The summed E-state index contributed by atoms with van der Waals surface area (Å²) in [6.45, 7) is 5.78. The first kappa shape index (κ1) is 12.4. The predicted octanol–water partition coefficient (Wildman–Crippen LogP) is 3.20. The van der Waals surface area contributed by atoms with Crippen LogP contribution >= 0.6 is 0 Å². The number of anilines is 1. The van der Waals surface area contributed by atoms with Crippen molar-refractivity contribution in [3.05, 3.63) is 24.3 Å². The topological polar surface area (TPSA) is 53.1 Å². The first-order valence-electron chi connectivity index (χ1n) is 6.18. The maximum atomic E-state index is 8.71. The molecule has 0 atom stereocenters. The summed E-state index contributed by atoms with van der Waals surface area (Å²) < 4.78 is 5.73. The number of nitrogens with zero attached hydrogens (tertiary/aromatic N) is 3. The van der Waals surface area contributed by atoms with E-state index in [9.17, 15) is 0 Å². The molecule has 0 spiro atoms. The van der Waals surface area contributed by atoms with Gasteiger partial charge in [0.1, 0.15) is 5.52 Å². The van der Waals surface area contributed by atoms with Crippen LogP contribution in [0.5, 0.6) is 0 Å². The lowest BCUT2D eigenvalue weighted by atomic mass is 10.2. The molecule has 0 aliphatic heterocycles. The molecule has 0 aliphatic rings. The quantitative estimate of drug-likeness (QED) is 0.809. The number of fused-ring (bicyclic) bond motifs is 1. The second kappa shape index (κ2) is 5.54. The maximum Gasteiger partial charge on any atom is 0.298 e. The zero-order chi connectivity index (χ0) is 13.0. The van der Waals surface area contributed by atoms with Gasteiger partial charge in [0.15, 0.2) is 5.58 Å². The van der Waals surface area contributed by atoms with E-state index >= 15 is 0 Å². The standard InChI is InChI=1S/C14H17N3O/c1-11(2)10-17(9-5-8-15)14-16-12-6-3-4-7-13(12)18-14/h3-4,6-7,11H,5,9-10H2,1-2H3. The van der Waals surface area contributed by atoms with E-state index in [1.54, 1.807) is 0 Å². The lowest BCUT2D eigenvalue weighted by Gasteiger charge is -2.21. The molecule has 1 aromatic carbocycles. The normalized spacial score (nSPS) is 10.8. The number of hydrogen-bond acceptors (Lipinski definition) is 4. The van der Waals surface area contributed by atoms with Crippen LogP contribution in [0.25, 0.3) is 11.1 Å². The third kappa shape index (κ3) is 2.80. The molecular weight excluding hydrogens is 226 g/mol. The van der Waals surface area contributed by atoms with Crippen LogP contribution < -0.4 is 4.90 Å². The largest absolute Gasteiger partial charge is 0.423 e. The number of oxazole rings is 1. The molecule has 0 saturated carbocycles. The van der Waals surface area contributed by atoms with Crippen molar-refractivity contribution in [2.75, 3.05) is 18.0 Å². The Morgan fingerprint density at radius 2 is 2.17 bits per heavy atom. The Morgan fingerprint density at radius 1 is 1.39 bits per heavy atom. The fourth-order valence-electron chi connectivity index (χ4n) is 1.89. The maximum absolute atomic E-state index is 8.71. The molecule has 94 valence electrons. The van der Waals surface area contributed by atoms with Crippen molar-refractivity contribution in [3.8, 4) is 6.07 Å². The van der Waals surface area contributed by atoms with Crippen molar-refractivity contribution in [2.45, 2.75) is 20.3 Å². The van der Waals surface area contributed by atoms with Crippen LogP contribution in [0.1, 0.15) is 20.3 Å². The van der Waals surface area contributed by atoms with Gasteiger partial charge in [-0.1, -0.05) is 26.0 Å². The highest BCUT2D eigenvalue weighted by molar-refractivity contribution is 5.74. The fourth-order valence-corrected chi connectivity index (χ4v) is 1.89. The highest BCUT2D eigenvalue weighted by atomic mass is 16.4. The third-order valence-electron chi connectivity index (χ3n) is 2.63. The van der Waals surface area contributed by atoms with Crippen molar-refractivity contribution in [2.24, 2.45) is 5.92 Å². The highest BCUT2D eigenvalue weighted by Gasteiger charge is 2.14. The minimum Gasteiger partial charge on any atom is -0.423 e. The van der Waals surface area contributed by atoms with Crippen molar-refractivity contribution in [1.29, 1.82) is 5.26 Å². The molecule has 0 aliphatic carbocycles. The van der Waals surface area contributed by atoms with Gasteiger partial charge in [-0.05, 0) is 18.1 Å². The summed E-state index contributed by atoms with van der Waals surface area (Å²) >= 11 is 0. The molecule has 1 heterocycles. The third-order valence-corrected chi connectivity index (χ3v) is 2.63. The van der Waals surface area contributed by atoms with Crippen molar-refractivity contribution < 1.29 is 4.42 Å². The molecule has 0 saturated heterocycles. The van der Waals surface area contributed by atoms with Crippen LogP contribution in [-0.2, 0) is 0 Å². The Morgan fingerprint density at radius 3 is 2.83 bits per heavy atom. The Bertz CT molecular complexity index is 520. The molecule has 0 radical (unpaired) electrons. The molecule has 2 aromatic rings. The van der Waals surface area contributed by atoms with Crippen molar-refractivity contribution >= 4 is 17.1 Å². The molecule has 4 heteroatoms. The molecular formula is C14H17N3O. The summed E-state index contributed by atoms with van der Waals surface area (Å²) in [5, 5.41) is 8.71. The molecule has 18 heavy (non-hydrogen) atoms. The summed E-state index contributed by atoms with van der Waals surface area (Å²) in [6.07, 6.45) is 0.478. The van der Waals surface area contributed by atoms with Gasteiger partial charge >= 0.3 is 0 Å². The van der Waals surface area contributed by atoms with E-state index in [1.165, 1.54) is 0 Å². The number of aromatic nitrogens is 1. The van der Waals surface area contributed by atoms with E-state index in [1.807, 2.05) is 29.2 Å².